The van der Waals surface area contributed by atoms with Crippen LogP contribution in [0.3, 0.4) is 0 Å². The smallest absolute Gasteiger partial charge is 0.310 e. The number of fused-ring (bicyclic) bond motifs is 1. The maximum absolute atomic E-state index is 13.6. The number of β-amino-alcohol motifs (C(OH)–C–C–N with tert-alkyl or cyclic N) is 1. The van der Waals surface area contributed by atoms with Crippen LogP contribution in [0.1, 0.15) is 34.1 Å². The number of hydrogen-bond acceptors (Lipinski definition) is 5. The number of rotatable bonds is 7. The van der Waals surface area contributed by atoms with Gasteiger partial charge in [-0.2, -0.15) is 0 Å². The third-order valence-corrected chi connectivity index (χ3v) is 6.89. The highest BCUT2D eigenvalue weighted by Crippen LogP contribution is 2.65. The van der Waals surface area contributed by atoms with Gasteiger partial charge in [0.25, 0.3) is 0 Å². The third kappa shape index (κ3) is 2.54. The summed E-state index contributed by atoms with van der Waals surface area (Å²) in [6, 6.07) is -1.08. The van der Waals surface area contributed by atoms with Crippen molar-refractivity contribution in [3.8, 4) is 0 Å². The third-order valence-electron chi connectivity index (χ3n) is 6.89. The number of aliphatic carboxylic acids is 1. The van der Waals surface area contributed by atoms with Gasteiger partial charge in [0.1, 0.15) is 17.6 Å². The number of carbonyl (C=O) groups is 3. The molecular formula is C20H30N2O6. The highest BCUT2D eigenvalue weighted by Gasteiger charge is 2.80. The van der Waals surface area contributed by atoms with E-state index in [0.717, 1.165) is 0 Å². The molecule has 1 spiro atoms. The van der Waals surface area contributed by atoms with Crippen molar-refractivity contribution in [2.24, 2.45) is 17.8 Å². The Morgan fingerprint density at radius 1 is 1.46 bits per heavy atom. The first kappa shape index (κ1) is 20.8. The molecular weight excluding hydrogens is 364 g/mol. The number of carbonyl (C=O) groups excluding carboxylic acids is 2. The van der Waals surface area contributed by atoms with Crippen molar-refractivity contribution in [2.75, 3.05) is 19.7 Å². The second kappa shape index (κ2) is 6.84. The molecule has 8 heteroatoms. The molecule has 8 nitrogen and oxygen atoms in total. The summed E-state index contributed by atoms with van der Waals surface area (Å²) in [5, 5.41) is 19.4. The zero-order valence-electron chi connectivity index (χ0n) is 16.9. The number of carboxylic acids is 1. The molecule has 3 aliphatic rings. The minimum atomic E-state index is -1.19. The van der Waals surface area contributed by atoms with Gasteiger partial charge in [-0.25, -0.2) is 0 Å². The van der Waals surface area contributed by atoms with Crippen molar-refractivity contribution in [1.29, 1.82) is 0 Å². The molecule has 156 valence electrons. The molecule has 0 saturated carbocycles. The van der Waals surface area contributed by atoms with Gasteiger partial charge in [-0.15, -0.1) is 6.58 Å². The molecule has 3 saturated heterocycles. The van der Waals surface area contributed by atoms with Crippen LogP contribution in [-0.2, 0) is 19.1 Å². The second-order valence-corrected chi connectivity index (χ2v) is 8.67. The van der Waals surface area contributed by atoms with E-state index in [1.54, 1.807) is 17.9 Å². The van der Waals surface area contributed by atoms with Gasteiger partial charge in [0.05, 0.1) is 18.1 Å². The number of aliphatic hydroxyl groups is 1. The zero-order valence-corrected chi connectivity index (χ0v) is 16.9. The Bertz CT molecular complexity index is 709. The summed E-state index contributed by atoms with van der Waals surface area (Å²) >= 11 is 0. The Hall–Kier alpha value is -1.93. The van der Waals surface area contributed by atoms with Crippen LogP contribution >= 0.6 is 0 Å². The Kier molecular flexibility index (Phi) is 5.08. The summed E-state index contributed by atoms with van der Waals surface area (Å²) in [4.78, 5) is 41.9. The summed E-state index contributed by atoms with van der Waals surface area (Å²) in [6.45, 7) is 11.1. The number of carboxylic acid groups (broad SMARTS) is 1. The van der Waals surface area contributed by atoms with Crippen molar-refractivity contribution < 1.29 is 29.3 Å². The summed E-state index contributed by atoms with van der Waals surface area (Å²) in [6.07, 6.45) is 2.05. The minimum absolute atomic E-state index is 0.0334. The normalized spacial score (nSPS) is 38.8. The fraction of sp³-hybridized carbons (Fsp3) is 0.750. The molecule has 3 heterocycles. The summed E-state index contributed by atoms with van der Waals surface area (Å²) in [7, 11) is 0. The van der Waals surface area contributed by atoms with E-state index in [4.69, 9.17) is 4.74 Å². The Morgan fingerprint density at radius 3 is 2.61 bits per heavy atom. The van der Waals surface area contributed by atoms with Crippen molar-refractivity contribution in [1.82, 2.24) is 9.80 Å². The fourth-order valence-electron chi connectivity index (χ4n) is 5.59. The van der Waals surface area contributed by atoms with Crippen LogP contribution in [0, 0.1) is 17.8 Å². The first-order valence-electron chi connectivity index (χ1n) is 9.82. The van der Waals surface area contributed by atoms with Gasteiger partial charge in [-0.1, -0.05) is 13.0 Å². The van der Waals surface area contributed by atoms with Crippen LogP contribution in [0.25, 0.3) is 0 Å². The summed E-state index contributed by atoms with van der Waals surface area (Å²) in [5.41, 5.74) is -2.19. The Labute approximate surface area is 165 Å². The van der Waals surface area contributed by atoms with Crippen molar-refractivity contribution in [2.45, 2.75) is 57.4 Å². The van der Waals surface area contributed by atoms with E-state index < -0.39 is 41.0 Å². The predicted molar refractivity (Wildman–Crippen MR) is 100 cm³/mol. The Balaban J connectivity index is 2.13. The average Bonchev–Trinajstić information content (AvgIpc) is 3.10. The summed E-state index contributed by atoms with van der Waals surface area (Å²) < 4.78 is 6.35. The molecule has 3 fully saturated rings. The molecule has 28 heavy (non-hydrogen) atoms. The van der Waals surface area contributed by atoms with Crippen LogP contribution in [0.2, 0.25) is 0 Å². The standard InChI is InChI=1S/C20H30N2O6/c1-6-7-21(11(2)3)17(25)15-20-10-12(4)19(5,28-20)14(18(26)27)13(20)16(24)22(15)8-9-23/h6,11-15,23H,1,7-10H2,2-5H3,(H,26,27)/t12?,13-,14+,15?,19-,20?/m0/s1. The lowest BCUT2D eigenvalue weighted by atomic mass is 9.62. The van der Waals surface area contributed by atoms with Gasteiger partial charge in [0, 0.05) is 19.1 Å². The number of amides is 2. The molecule has 0 aromatic carbocycles. The first-order chi connectivity index (χ1) is 13.1. The number of hydrogen-bond donors (Lipinski definition) is 2. The highest BCUT2D eigenvalue weighted by molar-refractivity contribution is 5.98. The molecule has 0 radical (unpaired) electrons. The van der Waals surface area contributed by atoms with E-state index >= 15 is 0 Å². The van der Waals surface area contributed by atoms with E-state index in [9.17, 15) is 24.6 Å². The lowest BCUT2D eigenvalue weighted by Gasteiger charge is -2.38. The first-order valence-corrected chi connectivity index (χ1v) is 9.82. The number of ether oxygens (including phenoxy) is 1. The highest BCUT2D eigenvalue weighted by atomic mass is 16.5. The van der Waals surface area contributed by atoms with Crippen molar-refractivity contribution in [3.05, 3.63) is 12.7 Å². The van der Waals surface area contributed by atoms with E-state index in [2.05, 4.69) is 6.58 Å². The lowest BCUT2D eigenvalue weighted by Crippen LogP contribution is -2.58. The molecule has 3 aliphatic heterocycles. The second-order valence-electron chi connectivity index (χ2n) is 8.67. The molecule has 0 aromatic heterocycles. The molecule has 3 unspecified atom stereocenters. The van der Waals surface area contributed by atoms with E-state index in [0.29, 0.717) is 13.0 Å². The van der Waals surface area contributed by atoms with Crippen LogP contribution in [0.4, 0.5) is 0 Å². The quantitative estimate of drug-likeness (QED) is 0.609. The molecule has 3 rings (SSSR count). The summed E-state index contributed by atoms with van der Waals surface area (Å²) in [5.74, 6) is -3.86. The van der Waals surface area contributed by atoms with Gasteiger partial charge in [-0.3, -0.25) is 14.4 Å². The number of aliphatic hydroxyl groups excluding tert-OH is 1. The van der Waals surface area contributed by atoms with Gasteiger partial charge < -0.3 is 24.7 Å². The molecule has 2 bridgehead atoms. The molecule has 2 N–H and O–H groups in total. The molecule has 2 amide bonds. The minimum Gasteiger partial charge on any atom is -0.481 e. The van der Waals surface area contributed by atoms with E-state index in [1.807, 2.05) is 20.8 Å². The van der Waals surface area contributed by atoms with Gasteiger partial charge in [0.2, 0.25) is 11.8 Å². The zero-order chi connectivity index (χ0) is 21.0. The fourth-order valence-corrected chi connectivity index (χ4v) is 5.59. The monoisotopic (exact) mass is 394 g/mol. The van der Waals surface area contributed by atoms with Crippen LogP contribution in [-0.4, -0.2) is 80.8 Å². The number of likely N-dealkylation sites (tertiary alicyclic amines) is 1. The molecule has 0 aromatic rings. The maximum atomic E-state index is 13.6. The SMILES string of the molecule is C=CCN(C(=O)C1N(CCO)C(=O)[C@@H]2[C@H](C(=O)O)[C@@]3(C)OC12CC3C)C(C)C. The van der Waals surface area contributed by atoms with E-state index in [1.165, 1.54) is 4.90 Å². The number of nitrogens with zero attached hydrogens (tertiary/aromatic N) is 2. The molecule has 0 aliphatic carbocycles. The van der Waals surface area contributed by atoms with Crippen molar-refractivity contribution >= 4 is 17.8 Å². The molecule has 6 atom stereocenters. The predicted octanol–water partition coefficient (Wildman–Crippen LogP) is 0.497. The Morgan fingerprint density at radius 2 is 2.11 bits per heavy atom. The maximum Gasteiger partial charge on any atom is 0.310 e. The van der Waals surface area contributed by atoms with Crippen LogP contribution in [0.5, 0.6) is 0 Å². The van der Waals surface area contributed by atoms with Crippen LogP contribution < -0.4 is 0 Å². The average molecular weight is 394 g/mol. The van der Waals surface area contributed by atoms with Gasteiger partial charge in [-0.05, 0) is 33.1 Å². The van der Waals surface area contributed by atoms with E-state index in [-0.39, 0.29) is 31.0 Å². The van der Waals surface area contributed by atoms with Gasteiger partial charge >= 0.3 is 5.97 Å². The lowest BCUT2D eigenvalue weighted by molar-refractivity contribution is -0.158. The van der Waals surface area contributed by atoms with Gasteiger partial charge in [0.15, 0.2) is 0 Å². The van der Waals surface area contributed by atoms with Crippen molar-refractivity contribution in [3.63, 3.8) is 0 Å². The van der Waals surface area contributed by atoms with Crippen LogP contribution in [0.15, 0.2) is 12.7 Å². The topological polar surface area (TPSA) is 107 Å². The largest absolute Gasteiger partial charge is 0.481 e.